The van der Waals surface area contributed by atoms with E-state index in [2.05, 4.69) is 11.2 Å². The van der Waals surface area contributed by atoms with Gasteiger partial charge in [0.15, 0.2) is 0 Å². The lowest BCUT2D eigenvalue weighted by atomic mass is 10.2. The first-order valence-electron chi connectivity index (χ1n) is 11.4. The number of benzene rings is 2. The Morgan fingerprint density at radius 3 is 2.47 bits per heavy atom. The van der Waals surface area contributed by atoms with Crippen molar-refractivity contribution in [1.82, 2.24) is 18.9 Å². The van der Waals surface area contributed by atoms with Gasteiger partial charge in [-0.15, -0.1) is 0 Å². The highest BCUT2D eigenvalue weighted by molar-refractivity contribution is 5.72. The second-order valence-electron chi connectivity index (χ2n) is 9.32. The summed E-state index contributed by atoms with van der Waals surface area (Å²) >= 11 is 0. The van der Waals surface area contributed by atoms with Crippen molar-refractivity contribution in [3.05, 3.63) is 88.1 Å². The summed E-state index contributed by atoms with van der Waals surface area (Å²) in [5, 5.41) is 13.5. The van der Waals surface area contributed by atoms with Crippen molar-refractivity contribution in [3.63, 3.8) is 0 Å². The number of hydrogen-bond donors (Lipinski definition) is 0. The molecule has 4 rings (SSSR count). The SMILES string of the molecule is Cc1c(-c2ccnn2-c2ccc(C#N)cc2)n(CC(=O)OC(C)(C)C)c(=O)n1-c1cccc(CF)c1. The molecule has 184 valence electrons. The fourth-order valence-electron chi connectivity index (χ4n) is 4.08. The van der Waals surface area contributed by atoms with Gasteiger partial charge in [-0.25, -0.2) is 13.9 Å². The van der Waals surface area contributed by atoms with Gasteiger partial charge < -0.3 is 4.74 Å². The predicted octanol–water partition coefficient (Wildman–Crippen LogP) is 4.48. The number of carbonyl (C=O) groups excluding carboxylic acids is 1. The molecule has 0 unspecified atom stereocenters. The summed E-state index contributed by atoms with van der Waals surface area (Å²) in [6.07, 6.45) is 1.59. The zero-order valence-corrected chi connectivity index (χ0v) is 20.5. The highest BCUT2D eigenvalue weighted by Crippen LogP contribution is 2.28. The summed E-state index contributed by atoms with van der Waals surface area (Å²) in [5.41, 5.74) is 2.51. The molecule has 2 heterocycles. The number of rotatable bonds is 6. The van der Waals surface area contributed by atoms with Crippen LogP contribution in [0.3, 0.4) is 0 Å². The highest BCUT2D eigenvalue weighted by atomic mass is 19.1. The molecule has 9 heteroatoms. The van der Waals surface area contributed by atoms with Gasteiger partial charge in [0.1, 0.15) is 18.8 Å². The van der Waals surface area contributed by atoms with Crippen LogP contribution in [0.15, 0.2) is 65.6 Å². The van der Waals surface area contributed by atoms with Gasteiger partial charge in [0, 0.05) is 0 Å². The molecule has 0 radical (unpaired) electrons. The van der Waals surface area contributed by atoms with Gasteiger partial charge in [-0.3, -0.25) is 13.9 Å². The molecule has 0 spiro atoms. The van der Waals surface area contributed by atoms with Gasteiger partial charge in [-0.1, -0.05) is 12.1 Å². The van der Waals surface area contributed by atoms with E-state index in [4.69, 9.17) is 10.00 Å². The molecule has 0 saturated carbocycles. The number of nitriles is 1. The second kappa shape index (κ2) is 9.66. The first kappa shape index (κ1) is 24.7. The predicted molar refractivity (Wildman–Crippen MR) is 133 cm³/mol. The van der Waals surface area contributed by atoms with Crippen LogP contribution in [0.4, 0.5) is 4.39 Å². The number of carbonyl (C=O) groups is 1. The summed E-state index contributed by atoms with van der Waals surface area (Å²) in [7, 11) is 0. The number of alkyl halides is 1. The van der Waals surface area contributed by atoms with Crippen LogP contribution in [0.25, 0.3) is 22.8 Å². The number of imidazole rings is 1. The standard InChI is InChI=1S/C27H26FN5O3/c1-18-25(23-12-13-30-33(23)21-10-8-19(16-29)9-11-21)31(17-24(34)36-27(2,3)4)26(35)32(18)22-7-5-6-20(14-22)15-28/h5-14H,15,17H2,1-4H3. The molecule has 0 aliphatic rings. The molecule has 2 aromatic carbocycles. The van der Waals surface area contributed by atoms with E-state index in [1.165, 1.54) is 9.13 Å². The monoisotopic (exact) mass is 487 g/mol. The van der Waals surface area contributed by atoms with E-state index in [0.717, 1.165) is 0 Å². The van der Waals surface area contributed by atoms with Gasteiger partial charge in [0.25, 0.3) is 0 Å². The third kappa shape index (κ3) is 4.84. The minimum absolute atomic E-state index is 0.319. The number of esters is 1. The van der Waals surface area contributed by atoms with Crippen LogP contribution in [0.5, 0.6) is 0 Å². The van der Waals surface area contributed by atoms with Crippen molar-refractivity contribution in [2.45, 2.75) is 46.5 Å². The van der Waals surface area contributed by atoms with Crippen LogP contribution in [0.2, 0.25) is 0 Å². The Labute approximate surface area is 207 Å². The number of hydrogen-bond acceptors (Lipinski definition) is 5. The normalized spacial score (nSPS) is 11.3. The van der Waals surface area contributed by atoms with E-state index in [-0.39, 0.29) is 6.54 Å². The van der Waals surface area contributed by atoms with Crippen LogP contribution >= 0.6 is 0 Å². The Kier molecular flexibility index (Phi) is 6.62. The summed E-state index contributed by atoms with van der Waals surface area (Å²) in [5.74, 6) is -0.565. The van der Waals surface area contributed by atoms with Crippen molar-refractivity contribution in [2.75, 3.05) is 0 Å². The first-order valence-corrected chi connectivity index (χ1v) is 11.4. The van der Waals surface area contributed by atoms with E-state index >= 15 is 0 Å². The molecule has 4 aromatic rings. The number of aromatic nitrogens is 4. The smallest absolute Gasteiger partial charge is 0.334 e. The van der Waals surface area contributed by atoms with Crippen LogP contribution < -0.4 is 5.69 Å². The van der Waals surface area contributed by atoms with Crippen molar-refractivity contribution in [3.8, 4) is 28.8 Å². The second-order valence-corrected chi connectivity index (χ2v) is 9.32. The van der Waals surface area contributed by atoms with Crippen LogP contribution in [0.1, 0.15) is 37.6 Å². The van der Waals surface area contributed by atoms with Crippen LogP contribution in [0, 0.1) is 18.3 Å². The molecule has 0 atom stereocenters. The van der Waals surface area contributed by atoms with E-state index < -0.39 is 23.9 Å². The molecule has 0 aliphatic heterocycles. The molecule has 0 amide bonds. The first-order chi connectivity index (χ1) is 17.1. The summed E-state index contributed by atoms with van der Waals surface area (Å²) in [6.45, 7) is 6.05. The lowest BCUT2D eigenvalue weighted by Crippen LogP contribution is -2.31. The molecule has 0 saturated heterocycles. The lowest BCUT2D eigenvalue weighted by molar-refractivity contribution is -0.155. The minimum atomic E-state index is -0.724. The Balaban J connectivity index is 1.92. The lowest BCUT2D eigenvalue weighted by Gasteiger charge is -2.20. The average Bonchev–Trinajstić information content (AvgIpc) is 3.40. The molecule has 0 fully saturated rings. The molecule has 0 aliphatic carbocycles. The maximum absolute atomic E-state index is 13.7. The fraction of sp³-hybridized carbons (Fsp3) is 0.259. The summed E-state index contributed by atoms with van der Waals surface area (Å²) < 4.78 is 23.3. The number of ether oxygens (including phenoxy) is 1. The maximum Gasteiger partial charge on any atom is 0.334 e. The van der Waals surface area contributed by atoms with Gasteiger partial charge in [-0.2, -0.15) is 10.4 Å². The Bertz CT molecular complexity index is 1510. The zero-order valence-electron chi connectivity index (χ0n) is 20.5. The number of halogens is 1. The van der Waals surface area contributed by atoms with Crippen molar-refractivity contribution < 1.29 is 13.9 Å². The van der Waals surface area contributed by atoms with Crippen molar-refractivity contribution >= 4 is 5.97 Å². The molecule has 2 aromatic heterocycles. The molecule has 8 nitrogen and oxygen atoms in total. The van der Waals surface area contributed by atoms with E-state index in [0.29, 0.717) is 39.6 Å². The van der Waals surface area contributed by atoms with Crippen LogP contribution in [-0.2, 0) is 22.8 Å². The Morgan fingerprint density at radius 2 is 1.83 bits per heavy atom. The molecular formula is C27H26FN5O3. The van der Waals surface area contributed by atoms with Gasteiger partial charge >= 0.3 is 11.7 Å². The van der Waals surface area contributed by atoms with Crippen molar-refractivity contribution in [2.24, 2.45) is 0 Å². The quantitative estimate of drug-likeness (QED) is 0.374. The van der Waals surface area contributed by atoms with Crippen LogP contribution in [-0.4, -0.2) is 30.5 Å². The minimum Gasteiger partial charge on any atom is -0.459 e. The third-order valence-corrected chi connectivity index (χ3v) is 5.53. The Morgan fingerprint density at radius 1 is 1.11 bits per heavy atom. The highest BCUT2D eigenvalue weighted by Gasteiger charge is 2.26. The largest absolute Gasteiger partial charge is 0.459 e. The molecule has 0 N–H and O–H groups in total. The van der Waals surface area contributed by atoms with E-state index in [1.807, 2.05) is 0 Å². The zero-order chi connectivity index (χ0) is 26.0. The van der Waals surface area contributed by atoms with E-state index in [1.54, 1.807) is 93.2 Å². The molecular weight excluding hydrogens is 461 g/mol. The van der Waals surface area contributed by atoms with Gasteiger partial charge in [0.05, 0.1) is 46.3 Å². The maximum atomic E-state index is 13.7. The fourth-order valence-corrected chi connectivity index (χ4v) is 4.08. The van der Waals surface area contributed by atoms with Crippen molar-refractivity contribution in [1.29, 1.82) is 5.26 Å². The topological polar surface area (TPSA) is 94.8 Å². The van der Waals surface area contributed by atoms with Gasteiger partial charge in [-0.05, 0) is 75.7 Å². The molecule has 36 heavy (non-hydrogen) atoms. The van der Waals surface area contributed by atoms with Gasteiger partial charge in [0.2, 0.25) is 0 Å². The molecule has 0 bridgehead atoms. The van der Waals surface area contributed by atoms with E-state index in [9.17, 15) is 14.0 Å². The Hall–Kier alpha value is -4.45. The summed E-state index contributed by atoms with van der Waals surface area (Å²) in [6, 6.07) is 17.3. The third-order valence-electron chi connectivity index (χ3n) is 5.53. The number of nitrogens with zero attached hydrogens (tertiary/aromatic N) is 5. The summed E-state index contributed by atoms with van der Waals surface area (Å²) in [4.78, 5) is 26.5. The average molecular weight is 488 g/mol.